The molecule has 1 aromatic carbocycles. The molecule has 0 spiro atoms. The number of hydrogen-bond acceptors (Lipinski definition) is 3. The highest BCUT2D eigenvalue weighted by Gasteiger charge is 2.30. The molecular weight excluding hydrogens is 226 g/mol. The largest absolute Gasteiger partial charge is 0.380 e. The number of carbonyl (C=O) groups is 1. The highest BCUT2D eigenvalue weighted by atomic mass is 16.1. The van der Waals surface area contributed by atoms with Crippen molar-refractivity contribution < 1.29 is 4.79 Å². The van der Waals surface area contributed by atoms with Crippen LogP contribution < -0.4 is 10.6 Å². The molecule has 0 radical (unpaired) electrons. The fourth-order valence-electron chi connectivity index (χ4n) is 1.99. The lowest BCUT2D eigenvalue weighted by atomic mass is 9.84. The van der Waals surface area contributed by atoms with Gasteiger partial charge in [-0.15, -0.1) is 0 Å². The SMILES string of the molecule is CC(C)(C)C1CC(=O)Nc2ccc(C#N)cc2N1. The molecular formula is C14H17N3O. The number of nitrogens with zero attached hydrogens (tertiary/aromatic N) is 1. The van der Waals surface area contributed by atoms with Gasteiger partial charge in [-0.25, -0.2) is 0 Å². The summed E-state index contributed by atoms with van der Waals surface area (Å²) in [6.07, 6.45) is 0.431. The van der Waals surface area contributed by atoms with Gasteiger partial charge in [0, 0.05) is 12.5 Å². The third-order valence-corrected chi connectivity index (χ3v) is 3.19. The molecule has 0 saturated carbocycles. The lowest BCUT2D eigenvalue weighted by molar-refractivity contribution is -0.116. The maximum atomic E-state index is 11.8. The minimum atomic E-state index is -0.0262. The quantitative estimate of drug-likeness (QED) is 0.736. The van der Waals surface area contributed by atoms with Crippen molar-refractivity contribution in [2.24, 2.45) is 5.41 Å². The number of anilines is 2. The van der Waals surface area contributed by atoms with Crippen LogP contribution in [0.5, 0.6) is 0 Å². The highest BCUT2D eigenvalue weighted by Crippen LogP contribution is 2.33. The zero-order valence-corrected chi connectivity index (χ0v) is 10.9. The zero-order chi connectivity index (χ0) is 13.3. The second kappa shape index (κ2) is 4.34. The van der Waals surface area contributed by atoms with Gasteiger partial charge in [-0.3, -0.25) is 4.79 Å². The fraction of sp³-hybridized carbons (Fsp3) is 0.429. The topological polar surface area (TPSA) is 64.9 Å². The Balaban J connectivity index is 2.41. The molecule has 1 aromatic rings. The smallest absolute Gasteiger partial charge is 0.226 e. The normalized spacial score (nSPS) is 19.0. The Morgan fingerprint density at radius 3 is 2.67 bits per heavy atom. The summed E-state index contributed by atoms with van der Waals surface area (Å²) in [7, 11) is 0. The molecule has 94 valence electrons. The summed E-state index contributed by atoms with van der Waals surface area (Å²) in [6, 6.07) is 7.41. The van der Waals surface area contributed by atoms with Crippen LogP contribution in [-0.4, -0.2) is 11.9 Å². The van der Waals surface area contributed by atoms with Crippen molar-refractivity contribution in [1.82, 2.24) is 0 Å². The van der Waals surface area contributed by atoms with Crippen LogP contribution in [0.2, 0.25) is 0 Å². The predicted molar refractivity (Wildman–Crippen MR) is 71.3 cm³/mol. The summed E-state index contributed by atoms with van der Waals surface area (Å²) in [5.41, 5.74) is 2.12. The lowest BCUT2D eigenvalue weighted by Gasteiger charge is -2.30. The molecule has 1 aliphatic heterocycles. The molecule has 1 aliphatic rings. The first-order valence-corrected chi connectivity index (χ1v) is 6.00. The molecule has 2 N–H and O–H groups in total. The lowest BCUT2D eigenvalue weighted by Crippen LogP contribution is -2.35. The summed E-state index contributed by atoms with van der Waals surface area (Å²) in [5, 5.41) is 15.2. The van der Waals surface area contributed by atoms with Gasteiger partial charge in [-0.05, 0) is 23.6 Å². The molecule has 0 bridgehead atoms. The summed E-state index contributed by atoms with van der Waals surface area (Å²) < 4.78 is 0. The van der Waals surface area contributed by atoms with Crippen molar-refractivity contribution in [2.45, 2.75) is 33.2 Å². The molecule has 0 saturated heterocycles. The third kappa shape index (κ3) is 2.45. The molecule has 2 rings (SSSR count). The van der Waals surface area contributed by atoms with E-state index in [4.69, 9.17) is 5.26 Å². The van der Waals surface area contributed by atoms with Crippen LogP contribution >= 0.6 is 0 Å². The number of amides is 1. The highest BCUT2D eigenvalue weighted by molar-refractivity contribution is 5.96. The predicted octanol–water partition coefficient (Wildman–Crippen LogP) is 2.73. The molecule has 1 unspecified atom stereocenters. The molecule has 18 heavy (non-hydrogen) atoms. The zero-order valence-electron chi connectivity index (χ0n) is 10.9. The van der Waals surface area contributed by atoms with Gasteiger partial charge < -0.3 is 10.6 Å². The third-order valence-electron chi connectivity index (χ3n) is 3.19. The van der Waals surface area contributed by atoms with E-state index in [1.165, 1.54) is 0 Å². The summed E-state index contributed by atoms with van der Waals surface area (Å²) >= 11 is 0. The van der Waals surface area contributed by atoms with Crippen LogP contribution in [0.4, 0.5) is 11.4 Å². The van der Waals surface area contributed by atoms with Crippen LogP contribution in [-0.2, 0) is 4.79 Å². The van der Waals surface area contributed by atoms with Crippen molar-refractivity contribution in [3.63, 3.8) is 0 Å². The minimum absolute atomic E-state index is 0.00545. The fourth-order valence-corrected chi connectivity index (χ4v) is 1.99. The second-order valence-electron chi connectivity index (χ2n) is 5.69. The van der Waals surface area contributed by atoms with Gasteiger partial charge in [0.05, 0.1) is 23.0 Å². The Bertz CT molecular complexity index is 523. The Hall–Kier alpha value is -2.02. The maximum absolute atomic E-state index is 11.8. The van der Waals surface area contributed by atoms with Crippen LogP contribution in [0.3, 0.4) is 0 Å². The van der Waals surface area contributed by atoms with E-state index >= 15 is 0 Å². The number of hydrogen-bond donors (Lipinski definition) is 2. The van der Waals surface area contributed by atoms with Gasteiger partial charge in [-0.2, -0.15) is 5.26 Å². The number of rotatable bonds is 0. The van der Waals surface area contributed by atoms with E-state index in [1.54, 1.807) is 18.2 Å². The molecule has 0 fully saturated rings. The molecule has 4 heteroatoms. The van der Waals surface area contributed by atoms with E-state index in [-0.39, 0.29) is 17.4 Å². The average Bonchev–Trinajstić information content (AvgIpc) is 2.45. The van der Waals surface area contributed by atoms with Gasteiger partial charge >= 0.3 is 0 Å². The van der Waals surface area contributed by atoms with Gasteiger partial charge in [-0.1, -0.05) is 20.8 Å². The van der Waals surface area contributed by atoms with Crippen LogP contribution in [0.15, 0.2) is 18.2 Å². The molecule has 4 nitrogen and oxygen atoms in total. The van der Waals surface area contributed by atoms with Crippen molar-refractivity contribution in [3.05, 3.63) is 23.8 Å². The van der Waals surface area contributed by atoms with E-state index in [0.717, 1.165) is 11.4 Å². The van der Waals surface area contributed by atoms with Gasteiger partial charge in [0.25, 0.3) is 0 Å². The Morgan fingerprint density at radius 2 is 2.06 bits per heavy atom. The Labute approximate surface area is 107 Å². The molecule has 1 amide bonds. The Kier molecular flexibility index (Phi) is 3.00. The summed E-state index contributed by atoms with van der Waals surface area (Å²) in [5.74, 6) is 0.00545. The number of benzene rings is 1. The Morgan fingerprint density at radius 1 is 1.33 bits per heavy atom. The number of fused-ring (bicyclic) bond motifs is 1. The van der Waals surface area contributed by atoms with Crippen LogP contribution in [0.25, 0.3) is 0 Å². The van der Waals surface area contributed by atoms with Crippen LogP contribution in [0, 0.1) is 16.7 Å². The minimum Gasteiger partial charge on any atom is -0.380 e. The molecule has 1 atom stereocenters. The number of nitriles is 1. The van der Waals surface area contributed by atoms with Crippen molar-refractivity contribution >= 4 is 17.3 Å². The summed E-state index contributed by atoms with van der Waals surface area (Å²) in [4.78, 5) is 11.8. The number of carbonyl (C=O) groups excluding carboxylic acids is 1. The maximum Gasteiger partial charge on any atom is 0.226 e. The van der Waals surface area contributed by atoms with Gasteiger partial charge in [0.2, 0.25) is 5.91 Å². The summed E-state index contributed by atoms with van der Waals surface area (Å²) in [6.45, 7) is 6.28. The van der Waals surface area contributed by atoms with E-state index < -0.39 is 0 Å². The average molecular weight is 243 g/mol. The van der Waals surface area contributed by atoms with E-state index in [9.17, 15) is 4.79 Å². The van der Waals surface area contributed by atoms with Crippen LogP contribution in [0.1, 0.15) is 32.8 Å². The number of nitrogens with one attached hydrogen (secondary N) is 2. The van der Waals surface area contributed by atoms with Crippen molar-refractivity contribution in [1.29, 1.82) is 5.26 Å². The first-order valence-electron chi connectivity index (χ1n) is 6.00. The van der Waals surface area contributed by atoms with Crippen molar-refractivity contribution in [3.8, 4) is 6.07 Å². The molecule has 0 aliphatic carbocycles. The van der Waals surface area contributed by atoms with Gasteiger partial charge in [0.15, 0.2) is 0 Å². The second-order valence-corrected chi connectivity index (χ2v) is 5.69. The molecule has 1 heterocycles. The first kappa shape index (κ1) is 12.4. The molecule has 0 aromatic heterocycles. The van der Waals surface area contributed by atoms with Crippen molar-refractivity contribution in [2.75, 3.05) is 10.6 Å². The first-order chi connectivity index (χ1) is 8.40. The monoisotopic (exact) mass is 243 g/mol. The van der Waals surface area contributed by atoms with E-state index in [1.807, 2.05) is 0 Å². The standard InChI is InChI=1S/C14H17N3O/c1-14(2,3)12-7-13(18)17-10-5-4-9(8-15)6-11(10)16-12/h4-6,12,16H,7H2,1-3H3,(H,17,18). The van der Waals surface area contributed by atoms with E-state index in [2.05, 4.69) is 37.5 Å². The van der Waals surface area contributed by atoms with E-state index in [0.29, 0.717) is 12.0 Å². The van der Waals surface area contributed by atoms with Gasteiger partial charge in [0.1, 0.15) is 0 Å².